The van der Waals surface area contributed by atoms with Crippen molar-refractivity contribution in [3.05, 3.63) is 23.3 Å². The Balaban J connectivity index is 2.07. The zero-order chi connectivity index (χ0) is 14.2. The number of hydrogen-bond donors (Lipinski definition) is 1. The molecule has 1 fully saturated rings. The summed E-state index contributed by atoms with van der Waals surface area (Å²) in [5.41, 5.74) is 6.26. The number of ether oxygens (including phenoxy) is 2. The lowest BCUT2D eigenvalue weighted by molar-refractivity contribution is 0.141. The fraction of sp³-hybridized carbons (Fsp3) is 0.600. The molecule has 1 aliphatic carbocycles. The minimum absolute atomic E-state index is 0.0151. The van der Waals surface area contributed by atoms with Gasteiger partial charge in [0.15, 0.2) is 11.5 Å². The Hall–Kier alpha value is -1.36. The van der Waals surface area contributed by atoms with Crippen LogP contribution in [0.5, 0.6) is 11.5 Å². The van der Waals surface area contributed by atoms with E-state index in [4.69, 9.17) is 15.2 Å². The zero-order valence-corrected chi connectivity index (χ0v) is 11.3. The van der Waals surface area contributed by atoms with Gasteiger partial charge in [0.1, 0.15) is 13.2 Å². The maximum atomic E-state index is 13.4. The van der Waals surface area contributed by atoms with Gasteiger partial charge in [-0.3, -0.25) is 0 Å². The van der Waals surface area contributed by atoms with E-state index in [0.29, 0.717) is 30.3 Å². The van der Waals surface area contributed by atoms with Crippen LogP contribution in [0.25, 0.3) is 0 Å². The topological polar surface area (TPSA) is 44.5 Å². The third kappa shape index (κ3) is 2.35. The second-order valence-corrected chi connectivity index (χ2v) is 5.60. The van der Waals surface area contributed by atoms with Crippen molar-refractivity contribution in [2.24, 2.45) is 5.73 Å². The van der Waals surface area contributed by atoms with Gasteiger partial charge < -0.3 is 15.2 Å². The molecule has 0 aromatic heterocycles. The van der Waals surface area contributed by atoms with Crippen molar-refractivity contribution in [1.82, 2.24) is 0 Å². The number of alkyl halides is 2. The SMILES string of the molecule is NC1(c2cc3c(cc2C(F)F)OCCO3)CCCCC1. The van der Waals surface area contributed by atoms with Gasteiger partial charge in [0.2, 0.25) is 0 Å². The molecular weight excluding hydrogens is 264 g/mol. The number of fused-ring (bicyclic) bond motifs is 1. The summed E-state index contributed by atoms with van der Waals surface area (Å²) < 4.78 is 37.6. The molecule has 1 aromatic carbocycles. The molecule has 0 atom stereocenters. The van der Waals surface area contributed by atoms with Crippen LogP contribution in [0.1, 0.15) is 49.7 Å². The molecule has 0 saturated heterocycles. The number of nitrogens with two attached hydrogens (primary N) is 1. The molecule has 0 radical (unpaired) electrons. The van der Waals surface area contributed by atoms with Crippen LogP contribution in [0.2, 0.25) is 0 Å². The monoisotopic (exact) mass is 283 g/mol. The maximum absolute atomic E-state index is 13.4. The Kier molecular flexibility index (Phi) is 3.54. The van der Waals surface area contributed by atoms with E-state index in [9.17, 15) is 8.78 Å². The lowest BCUT2D eigenvalue weighted by atomic mass is 9.75. The van der Waals surface area contributed by atoms with Gasteiger partial charge in [-0.1, -0.05) is 19.3 Å². The predicted molar refractivity (Wildman–Crippen MR) is 71.3 cm³/mol. The van der Waals surface area contributed by atoms with Crippen LogP contribution in [0.3, 0.4) is 0 Å². The lowest BCUT2D eigenvalue weighted by Gasteiger charge is -2.36. The Labute approximate surface area is 117 Å². The van der Waals surface area contributed by atoms with E-state index in [1.807, 2.05) is 0 Å². The van der Waals surface area contributed by atoms with E-state index in [-0.39, 0.29) is 5.56 Å². The van der Waals surface area contributed by atoms with Crippen molar-refractivity contribution in [2.45, 2.75) is 44.1 Å². The fourth-order valence-electron chi connectivity index (χ4n) is 3.17. The van der Waals surface area contributed by atoms with E-state index >= 15 is 0 Å². The summed E-state index contributed by atoms with van der Waals surface area (Å²) in [5, 5.41) is 0. The number of halogens is 2. The van der Waals surface area contributed by atoms with Gasteiger partial charge in [0.05, 0.1) is 0 Å². The number of hydrogen-bond acceptors (Lipinski definition) is 3. The number of benzene rings is 1. The smallest absolute Gasteiger partial charge is 0.264 e. The average Bonchev–Trinajstić information content (AvgIpc) is 2.46. The normalized spacial score (nSPS) is 21.0. The predicted octanol–water partition coefficient (Wildman–Crippen LogP) is 3.51. The van der Waals surface area contributed by atoms with Crippen LogP contribution in [0.4, 0.5) is 8.78 Å². The van der Waals surface area contributed by atoms with Crippen molar-refractivity contribution in [2.75, 3.05) is 13.2 Å². The molecule has 0 amide bonds. The fourth-order valence-corrected chi connectivity index (χ4v) is 3.17. The van der Waals surface area contributed by atoms with Gasteiger partial charge in [-0.25, -0.2) is 8.78 Å². The summed E-state index contributed by atoms with van der Waals surface area (Å²) in [5.74, 6) is 0.931. The molecule has 2 N–H and O–H groups in total. The van der Waals surface area contributed by atoms with E-state index in [1.165, 1.54) is 6.07 Å². The molecule has 1 aromatic rings. The molecule has 3 rings (SSSR count). The molecule has 20 heavy (non-hydrogen) atoms. The molecule has 1 heterocycles. The minimum Gasteiger partial charge on any atom is -0.486 e. The summed E-state index contributed by atoms with van der Waals surface area (Å²) in [6.45, 7) is 0.834. The second kappa shape index (κ2) is 5.20. The highest BCUT2D eigenvalue weighted by Crippen LogP contribution is 2.44. The Morgan fingerprint density at radius 2 is 1.60 bits per heavy atom. The first-order chi connectivity index (χ1) is 9.60. The van der Waals surface area contributed by atoms with Crippen LogP contribution >= 0.6 is 0 Å². The summed E-state index contributed by atoms with van der Waals surface area (Å²) in [7, 11) is 0. The van der Waals surface area contributed by atoms with Crippen molar-refractivity contribution in [3.8, 4) is 11.5 Å². The van der Waals surface area contributed by atoms with Crippen LogP contribution in [0, 0.1) is 0 Å². The quantitative estimate of drug-likeness (QED) is 0.903. The van der Waals surface area contributed by atoms with Crippen LogP contribution in [-0.4, -0.2) is 13.2 Å². The molecule has 0 spiro atoms. The third-order valence-corrected chi connectivity index (χ3v) is 4.23. The molecule has 110 valence electrons. The first-order valence-corrected chi connectivity index (χ1v) is 7.11. The van der Waals surface area contributed by atoms with E-state index in [2.05, 4.69) is 0 Å². The highest BCUT2D eigenvalue weighted by atomic mass is 19.3. The van der Waals surface area contributed by atoms with E-state index < -0.39 is 12.0 Å². The first kappa shape index (κ1) is 13.6. The standard InChI is InChI=1S/C15H19F2NO2/c16-14(17)10-8-12-13(20-7-6-19-12)9-11(10)15(18)4-2-1-3-5-15/h8-9,14H,1-7,18H2. The third-order valence-electron chi connectivity index (χ3n) is 4.23. The van der Waals surface area contributed by atoms with Gasteiger partial charge in [-0.05, 0) is 30.5 Å². The number of rotatable bonds is 2. The largest absolute Gasteiger partial charge is 0.486 e. The van der Waals surface area contributed by atoms with Gasteiger partial charge in [-0.15, -0.1) is 0 Å². The average molecular weight is 283 g/mol. The Morgan fingerprint density at radius 1 is 1.00 bits per heavy atom. The van der Waals surface area contributed by atoms with Crippen molar-refractivity contribution >= 4 is 0 Å². The molecule has 1 aliphatic heterocycles. The summed E-state index contributed by atoms with van der Waals surface area (Å²) in [6, 6.07) is 3.07. The molecule has 2 aliphatic rings. The summed E-state index contributed by atoms with van der Waals surface area (Å²) in [4.78, 5) is 0. The molecule has 5 heteroatoms. The van der Waals surface area contributed by atoms with Gasteiger partial charge in [0.25, 0.3) is 6.43 Å². The Bertz CT molecular complexity index is 499. The van der Waals surface area contributed by atoms with E-state index in [0.717, 1.165) is 32.1 Å². The highest BCUT2D eigenvalue weighted by Gasteiger charge is 2.35. The summed E-state index contributed by atoms with van der Waals surface area (Å²) in [6.07, 6.45) is 2.01. The van der Waals surface area contributed by atoms with Gasteiger partial charge >= 0.3 is 0 Å². The maximum Gasteiger partial charge on any atom is 0.264 e. The van der Waals surface area contributed by atoms with Crippen LogP contribution in [0.15, 0.2) is 12.1 Å². The van der Waals surface area contributed by atoms with Crippen LogP contribution < -0.4 is 15.2 Å². The molecule has 3 nitrogen and oxygen atoms in total. The van der Waals surface area contributed by atoms with Gasteiger partial charge in [0, 0.05) is 11.1 Å². The van der Waals surface area contributed by atoms with Crippen molar-refractivity contribution in [3.63, 3.8) is 0 Å². The Morgan fingerprint density at radius 3 is 2.20 bits per heavy atom. The highest BCUT2D eigenvalue weighted by molar-refractivity contribution is 5.51. The molecule has 0 unspecified atom stereocenters. The zero-order valence-electron chi connectivity index (χ0n) is 11.3. The molecular formula is C15H19F2NO2. The van der Waals surface area contributed by atoms with Crippen molar-refractivity contribution < 1.29 is 18.3 Å². The molecule has 1 saturated carbocycles. The lowest BCUT2D eigenvalue weighted by Crippen LogP contribution is -2.39. The van der Waals surface area contributed by atoms with Gasteiger partial charge in [-0.2, -0.15) is 0 Å². The van der Waals surface area contributed by atoms with E-state index in [1.54, 1.807) is 6.07 Å². The molecule has 0 bridgehead atoms. The minimum atomic E-state index is -2.55. The first-order valence-electron chi connectivity index (χ1n) is 7.11. The van der Waals surface area contributed by atoms with Crippen molar-refractivity contribution in [1.29, 1.82) is 0 Å². The second-order valence-electron chi connectivity index (χ2n) is 5.60. The summed E-state index contributed by atoms with van der Waals surface area (Å²) >= 11 is 0. The van der Waals surface area contributed by atoms with Crippen LogP contribution in [-0.2, 0) is 5.54 Å².